The number of hydrogen-bond donors (Lipinski definition) is 1. The molecule has 0 radical (unpaired) electrons. The number of hydrogen-bond acceptors (Lipinski definition) is 5. The fourth-order valence-corrected chi connectivity index (χ4v) is 3.61. The van der Waals surface area contributed by atoms with Gasteiger partial charge >= 0.3 is 0 Å². The Morgan fingerprint density at radius 2 is 2.12 bits per heavy atom. The Morgan fingerprint density at radius 3 is 2.96 bits per heavy atom. The maximum absolute atomic E-state index is 5.97. The second kappa shape index (κ2) is 8.08. The van der Waals surface area contributed by atoms with E-state index in [9.17, 15) is 0 Å². The molecule has 25 heavy (non-hydrogen) atoms. The predicted molar refractivity (Wildman–Crippen MR) is 94.1 cm³/mol. The van der Waals surface area contributed by atoms with Gasteiger partial charge in [-0.3, -0.25) is 9.67 Å². The van der Waals surface area contributed by atoms with Crippen molar-refractivity contribution in [3.05, 3.63) is 47.5 Å². The Kier molecular flexibility index (Phi) is 5.40. The van der Waals surface area contributed by atoms with Crippen molar-refractivity contribution >= 4 is 0 Å². The number of pyridine rings is 1. The Hall–Kier alpha value is -1.76. The lowest BCUT2D eigenvalue weighted by Gasteiger charge is -2.22. The Balaban J connectivity index is 1.35. The minimum atomic E-state index is 0.0309. The standard InChI is InChI=1S/C19H26N4O2/c1-2-7-21-17(3-1)11-20-12-18-19-16(6-10-25-18)14-23(22-19)13-15-4-8-24-9-5-15/h1-3,7,14-15,18,20H,4-6,8-13H2/t18-/m1/s1. The topological polar surface area (TPSA) is 61.2 Å². The van der Waals surface area contributed by atoms with Gasteiger partial charge < -0.3 is 14.8 Å². The summed E-state index contributed by atoms with van der Waals surface area (Å²) >= 11 is 0. The van der Waals surface area contributed by atoms with E-state index in [1.54, 1.807) is 0 Å². The molecule has 2 aromatic rings. The summed E-state index contributed by atoms with van der Waals surface area (Å²) in [6.45, 7) is 5.04. The fourth-order valence-electron chi connectivity index (χ4n) is 3.61. The van der Waals surface area contributed by atoms with Crippen LogP contribution < -0.4 is 5.32 Å². The average molecular weight is 342 g/mol. The molecule has 0 amide bonds. The molecule has 2 aliphatic rings. The molecule has 4 rings (SSSR count). The van der Waals surface area contributed by atoms with E-state index in [2.05, 4.69) is 21.2 Å². The highest BCUT2D eigenvalue weighted by Crippen LogP contribution is 2.26. The molecule has 6 heteroatoms. The van der Waals surface area contributed by atoms with Gasteiger partial charge in [0.15, 0.2) is 0 Å². The molecule has 4 heterocycles. The summed E-state index contributed by atoms with van der Waals surface area (Å²) in [6.07, 6.45) is 7.30. The van der Waals surface area contributed by atoms with Gasteiger partial charge in [0.1, 0.15) is 6.10 Å². The maximum atomic E-state index is 5.97. The van der Waals surface area contributed by atoms with Crippen LogP contribution in [0.5, 0.6) is 0 Å². The Bertz CT molecular complexity index is 667. The molecule has 1 fully saturated rings. The van der Waals surface area contributed by atoms with Crippen molar-refractivity contribution in [3.63, 3.8) is 0 Å². The number of aromatic nitrogens is 3. The lowest BCUT2D eigenvalue weighted by atomic mass is 10.0. The van der Waals surface area contributed by atoms with Gasteiger partial charge in [-0.2, -0.15) is 5.10 Å². The van der Waals surface area contributed by atoms with Crippen molar-refractivity contribution in [1.82, 2.24) is 20.1 Å². The van der Waals surface area contributed by atoms with E-state index in [0.29, 0.717) is 5.92 Å². The first-order valence-electron chi connectivity index (χ1n) is 9.24. The largest absolute Gasteiger partial charge is 0.381 e. The van der Waals surface area contributed by atoms with Gasteiger partial charge in [0.05, 0.1) is 18.0 Å². The molecule has 0 aromatic carbocycles. The highest BCUT2D eigenvalue weighted by Gasteiger charge is 2.25. The van der Waals surface area contributed by atoms with Gasteiger partial charge in [-0.1, -0.05) is 6.07 Å². The second-order valence-corrected chi connectivity index (χ2v) is 6.88. The molecular formula is C19H26N4O2. The van der Waals surface area contributed by atoms with E-state index in [1.807, 2.05) is 24.4 Å². The molecule has 0 spiro atoms. The Morgan fingerprint density at radius 1 is 1.20 bits per heavy atom. The summed E-state index contributed by atoms with van der Waals surface area (Å²) in [5, 5.41) is 8.30. The zero-order valence-electron chi connectivity index (χ0n) is 14.6. The van der Waals surface area contributed by atoms with Crippen LogP contribution in [0.4, 0.5) is 0 Å². The monoisotopic (exact) mass is 342 g/mol. The van der Waals surface area contributed by atoms with Crippen molar-refractivity contribution in [2.45, 2.75) is 38.5 Å². The number of rotatable bonds is 6. The number of fused-ring (bicyclic) bond motifs is 1. The third-order valence-corrected chi connectivity index (χ3v) is 5.01. The van der Waals surface area contributed by atoms with Crippen LogP contribution in [0.15, 0.2) is 30.6 Å². The molecule has 1 saturated heterocycles. The first-order chi connectivity index (χ1) is 12.4. The van der Waals surface area contributed by atoms with Crippen LogP contribution in [0, 0.1) is 5.92 Å². The van der Waals surface area contributed by atoms with Crippen molar-refractivity contribution in [2.24, 2.45) is 5.92 Å². The van der Waals surface area contributed by atoms with E-state index in [4.69, 9.17) is 14.6 Å². The van der Waals surface area contributed by atoms with E-state index >= 15 is 0 Å². The summed E-state index contributed by atoms with van der Waals surface area (Å²) in [5.41, 5.74) is 3.48. The summed E-state index contributed by atoms with van der Waals surface area (Å²) in [7, 11) is 0. The zero-order chi connectivity index (χ0) is 16.9. The van der Waals surface area contributed by atoms with Crippen LogP contribution >= 0.6 is 0 Å². The quantitative estimate of drug-likeness (QED) is 0.871. The summed E-state index contributed by atoms with van der Waals surface area (Å²) < 4.78 is 13.5. The molecule has 6 nitrogen and oxygen atoms in total. The SMILES string of the molecule is c1ccc(CNC[C@H]2OCCc3cn(CC4CCOCC4)nc32)nc1. The first kappa shape index (κ1) is 16.7. The van der Waals surface area contributed by atoms with Crippen molar-refractivity contribution in [1.29, 1.82) is 0 Å². The normalized spacial score (nSPS) is 21.2. The van der Waals surface area contributed by atoms with Gasteiger partial charge in [0.2, 0.25) is 0 Å². The lowest BCUT2D eigenvalue weighted by Crippen LogP contribution is -2.27. The summed E-state index contributed by atoms with van der Waals surface area (Å²) in [4.78, 5) is 4.34. The average Bonchev–Trinajstić information content (AvgIpc) is 3.07. The van der Waals surface area contributed by atoms with Crippen molar-refractivity contribution in [2.75, 3.05) is 26.4 Å². The van der Waals surface area contributed by atoms with E-state index in [-0.39, 0.29) is 6.10 Å². The molecule has 1 atom stereocenters. The molecular weight excluding hydrogens is 316 g/mol. The van der Waals surface area contributed by atoms with Crippen LogP contribution in [0.2, 0.25) is 0 Å². The van der Waals surface area contributed by atoms with Crippen molar-refractivity contribution in [3.8, 4) is 0 Å². The smallest absolute Gasteiger partial charge is 0.114 e. The molecule has 2 aliphatic heterocycles. The number of nitrogens with zero attached hydrogens (tertiary/aromatic N) is 3. The first-order valence-corrected chi connectivity index (χ1v) is 9.24. The predicted octanol–water partition coefficient (Wildman–Crippen LogP) is 2.11. The third kappa shape index (κ3) is 4.26. The van der Waals surface area contributed by atoms with Crippen molar-refractivity contribution < 1.29 is 9.47 Å². The summed E-state index contributed by atoms with van der Waals surface area (Å²) in [6, 6.07) is 5.98. The van der Waals surface area contributed by atoms with Gasteiger partial charge in [0.25, 0.3) is 0 Å². The number of ether oxygens (including phenoxy) is 2. The lowest BCUT2D eigenvalue weighted by molar-refractivity contribution is 0.0387. The maximum Gasteiger partial charge on any atom is 0.114 e. The van der Waals surface area contributed by atoms with E-state index in [0.717, 1.165) is 70.1 Å². The molecule has 0 saturated carbocycles. The highest BCUT2D eigenvalue weighted by atomic mass is 16.5. The van der Waals surface area contributed by atoms with Gasteiger partial charge in [-0.15, -0.1) is 0 Å². The molecule has 134 valence electrons. The minimum Gasteiger partial charge on any atom is -0.381 e. The van der Waals surface area contributed by atoms with Crippen LogP contribution in [-0.2, 0) is 29.0 Å². The van der Waals surface area contributed by atoms with Crippen LogP contribution in [0.25, 0.3) is 0 Å². The van der Waals surface area contributed by atoms with E-state index in [1.165, 1.54) is 5.56 Å². The molecule has 0 aliphatic carbocycles. The molecule has 0 unspecified atom stereocenters. The van der Waals surface area contributed by atoms with Crippen LogP contribution in [0.1, 0.15) is 35.9 Å². The molecule has 2 aromatic heterocycles. The van der Waals surface area contributed by atoms with E-state index < -0.39 is 0 Å². The second-order valence-electron chi connectivity index (χ2n) is 6.88. The zero-order valence-corrected chi connectivity index (χ0v) is 14.6. The molecule has 0 bridgehead atoms. The van der Waals surface area contributed by atoms with Crippen LogP contribution in [-0.4, -0.2) is 41.1 Å². The van der Waals surface area contributed by atoms with Gasteiger partial charge in [-0.25, -0.2) is 0 Å². The van der Waals surface area contributed by atoms with Crippen LogP contribution in [0.3, 0.4) is 0 Å². The highest BCUT2D eigenvalue weighted by molar-refractivity contribution is 5.22. The third-order valence-electron chi connectivity index (χ3n) is 5.01. The number of nitrogens with one attached hydrogen (secondary N) is 1. The fraction of sp³-hybridized carbons (Fsp3) is 0.579. The summed E-state index contributed by atoms with van der Waals surface area (Å²) in [5.74, 6) is 0.678. The minimum absolute atomic E-state index is 0.0309. The Labute approximate surface area is 148 Å². The van der Waals surface area contributed by atoms with Gasteiger partial charge in [-0.05, 0) is 42.9 Å². The molecule has 1 N–H and O–H groups in total. The van der Waals surface area contributed by atoms with Gasteiger partial charge in [0, 0.05) is 45.2 Å².